The second-order valence-electron chi connectivity index (χ2n) is 14.2. The van der Waals surface area contributed by atoms with E-state index in [2.05, 4.69) is 100 Å². The van der Waals surface area contributed by atoms with Gasteiger partial charge in [0.05, 0.1) is 12.2 Å². The zero-order valence-electron chi connectivity index (χ0n) is 27.9. The second-order valence-corrected chi connectivity index (χ2v) is 14.2. The number of hydrogen-bond acceptors (Lipinski definition) is 3. The third-order valence-electron chi connectivity index (χ3n) is 10.0. The summed E-state index contributed by atoms with van der Waals surface area (Å²) in [6, 6.07) is 35.6. The summed E-state index contributed by atoms with van der Waals surface area (Å²) in [6.45, 7) is 12.6. The zero-order chi connectivity index (χ0) is 32.3. The summed E-state index contributed by atoms with van der Waals surface area (Å²) >= 11 is 0. The first-order valence-corrected chi connectivity index (χ1v) is 16.6. The Bertz CT molecular complexity index is 1730. The summed E-state index contributed by atoms with van der Waals surface area (Å²) < 4.78 is 6.32. The van der Waals surface area contributed by atoms with Crippen LogP contribution in [0.25, 0.3) is 0 Å². The van der Waals surface area contributed by atoms with Crippen LogP contribution in [-0.2, 0) is 23.8 Å². The van der Waals surface area contributed by atoms with E-state index in [0.29, 0.717) is 25.3 Å². The molecule has 2 aromatic heterocycles. The Labute approximate surface area is 274 Å². The predicted octanol–water partition coefficient (Wildman–Crippen LogP) is 9.79. The minimum atomic E-state index is -0.109. The summed E-state index contributed by atoms with van der Waals surface area (Å²) in [5.41, 5.74) is 9.10. The first-order chi connectivity index (χ1) is 22.1. The summed E-state index contributed by atoms with van der Waals surface area (Å²) in [5, 5.41) is 0. The smallest absolute Gasteiger partial charge is 0.289 e. The van der Waals surface area contributed by atoms with Crippen LogP contribution in [0.15, 0.2) is 114 Å². The summed E-state index contributed by atoms with van der Waals surface area (Å²) in [6.07, 6.45) is 5.59. The van der Waals surface area contributed by atoms with Crippen molar-refractivity contribution >= 4 is 5.91 Å². The number of amides is 1. The van der Waals surface area contributed by atoms with Crippen LogP contribution < -0.4 is 0 Å². The molecule has 0 aliphatic heterocycles. The van der Waals surface area contributed by atoms with Crippen LogP contribution in [0.2, 0.25) is 0 Å². The molecule has 4 nitrogen and oxygen atoms in total. The van der Waals surface area contributed by atoms with E-state index >= 15 is 0 Å². The van der Waals surface area contributed by atoms with Crippen molar-refractivity contribution in [1.82, 2.24) is 9.88 Å². The van der Waals surface area contributed by atoms with E-state index in [4.69, 9.17) is 4.42 Å². The first-order valence-electron chi connectivity index (χ1n) is 16.6. The fraction of sp³-hybridized carbons (Fsp3) is 0.333. The van der Waals surface area contributed by atoms with Crippen molar-refractivity contribution in [3.05, 3.63) is 160 Å². The Hall–Kier alpha value is -4.44. The van der Waals surface area contributed by atoms with Crippen LogP contribution in [0.3, 0.4) is 0 Å². The van der Waals surface area contributed by atoms with E-state index in [9.17, 15) is 4.79 Å². The molecule has 0 fully saturated rings. The fourth-order valence-corrected chi connectivity index (χ4v) is 7.01. The SMILES string of the molecule is Cc1cc2c(cc1Cc1ccc(C(=O)N(CCC(c3ccccc3)c3ccccc3)Cc3ccccn3)o1)C(C)(C)CCC2(C)C. The van der Waals surface area contributed by atoms with Gasteiger partial charge in [-0.25, -0.2) is 0 Å². The lowest BCUT2D eigenvalue weighted by Gasteiger charge is -2.42. The molecule has 1 aliphatic carbocycles. The molecule has 0 N–H and O–H groups in total. The van der Waals surface area contributed by atoms with Gasteiger partial charge in [-0.15, -0.1) is 0 Å². The van der Waals surface area contributed by atoms with Crippen LogP contribution in [0, 0.1) is 6.92 Å². The highest BCUT2D eigenvalue weighted by Gasteiger charge is 2.37. The molecule has 2 heterocycles. The maximum atomic E-state index is 14.1. The highest BCUT2D eigenvalue weighted by Crippen LogP contribution is 2.46. The number of hydrogen-bond donors (Lipinski definition) is 0. The monoisotopic (exact) mass is 610 g/mol. The molecule has 0 spiro atoms. The van der Waals surface area contributed by atoms with E-state index < -0.39 is 0 Å². The van der Waals surface area contributed by atoms with Gasteiger partial charge in [-0.05, 0) is 94.7 Å². The van der Waals surface area contributed by atoms with Gasteiger partial charge < -0.3 is 9.32 Å². The molecule has 6 rings (SSSR count). The van der Waals surface area contributed by atoms with Crippen molar-refractivity contribution in [2.24, 2.45) is 0 Å². The lowest BCUT2D eigenvalue weighted by atomic mass is 9.62. The number of nitrogens with zero attached hydrogens (tertiary/aromatic N) is 2. The average molecular weight is 611 g/mol. The first kappa shape index (κ1) is 31.5. The maximum Gasteiger partial charge on any atom is 0.289 e. The number of pyridine rings is 1. The van der Waals surface area contributed by atoms with Crippen LogP contribution in [0.5, 0.6) is 0 Å². The molecule has 0 saturated carbocycles. The van der Waals surface area contributed by atoms with Gasteiger partial charge in [-0.3, -0.25) is 9.78 Å². The summed E-state index contributed by atoms with van der Waals surface area (Å²) in [4.78, 5) is 20.5. The van der Waals surface area contributed by atoms with Crippen LogP contribution in [0.1, 0.15) is 108 Å². The van der Waals surface area contributed by atoms with Gasteiger partial charge in [-0.2, -0.15) is 0 Å². The molecule has 0 unspecified atom stereocenters. The number of furan rings is 1. The average Bonchev–Trinajstić information content (AvgIpc) is 3.53. The van der Waals surface area contributed by atoms with Gasteiger partial charge >= 0.3 is 0 Å². The molecule has 0 saturated heterocycles. The third-order valence-corrected chi connectivity index (χ3v) is 10.0. The molecule has 4 heteroatoms. The maximum absolute atomic E-state index is 14.1. The minimum Gasteiger partial charge on any atom is -0.456 e. The molecular formula is C42H46N2O2. The predicted molar refractivity (Wildman–Crippen MR) is 186 cm³/mol. The number of aromatic nitrogens is 1. The number of aryl methyl sites for hydroxylation is 1. The van der Waals surface area contributed by atoms with Crippen molar-refractivity contribution in [2.75, 3.05) is 6.54 Å². The number of rotatable bonds is 10. The summed E-state index contributed by atoms with van der Waals surface area (Å²) in [5.74, 6) is 1.24. The minimum absolute atomic E-state index is 0.109. The normalized spacial score (nSPS) is 15.0. The Morgan fingerprint density at radius 1 is 0.804 bits per heavy atom. The van der Waals surface area contributed by atoms with Crippen molar-refractivity contribution in [1.29, 1.82) is 0 Å². The van der Waals surface area contributed by atoms with Crippen molar-refractivity contribution in [3.8, 4) is 0 Å². The van der Waals surface area contributed by atoms with Crippen LogP contribution in [0.4, 0.5) is 0 Å². The largest absolute Gasteiger partial charge is 0.456 e. The van der Waals surface area contributed by atoms with Gasteiger partial charge in [0.2, 0.25) is 0 Å². The fourth-order valence-electron chi connectivity index (χ4n) is 7.01. The Kier molecular flexibility index (Phi) is 8.99. The highest BCUT2D eigenvalue weighted by atomic mass is 16.4. The zero-order valence-corrected chi connectivity index (χ0v) is 27.9. The van der Waals surface area contributed by atoms with E-state index in [1.54, 1.807) is 6.20 Å². The molecule has 236 valence electrons. The molecule has 46 heavy (non-hydrogen) atoms. The molecule has 0 atom stereocenters. The van der Waals surface area contributed by atoms with E-state index in [1.165, 1.54) is 46.2 Å². The topological polar surface area (TPSA) is 46.3 Å². The van der Waals surface area contributed by atoms with E-state index in [1.807, 2.05) is 47.4 Å². The quantitative estimate of drug-likeness (QED) is 0.158. The summed E-state index contributed by atoms with van der Waals surface area (Å²) in [7, 11) is 0. The Balaban J connectivity index is 1.25. The van der Waals surface area contributed by atoms with Gasteiger partial charge in [0, 0.05) is 25.1 Å². The van der Waals surface area contributed by atoms with Crippen LogP contribution >= 0.6 is 0 Å². The third kappa shape index (κ3) is 6.87. The number of carbonyl (C=O) groups is 1. The lowest BCUT2D eigenvalue weighted by molar-refractivity contribution is 0.0703. The standard InChI is InChI=1S/C42H46N2O2/c1-30-26-37-38(42(4,5)23-22-41(37,2)3)28-33(30)27-35-19-20-39(46-35)40(45)44(29-34-18-12-13-24-43-34)25-21-36(31-14-8-6-9-15-31)32-16-10-7-11-17-32/h6-20,24,26,28,36H,21-23,25,27,29H2,1-5H3. The van der Waals surface area contributed by atoms with Gasteiger partial charge in [0.25, 0.3) is 5.91 Å². The number of carbonyl (C=O) groups excluding carboxylic acids is 1. The molecule has 1 amide bonds. The van der Waals surface area contributed by atoms with Gasteiger partial charge in [0.15, 0.2) is 5.76 Å². The second kappa shape index (κ2) is 13.1. The molecule has 1 aliphatic rings. The highest BCUT2D eigenvalue weighted by molar-refractivity contribution is 5.91. The number of fused-ring (bicyclic) bond motifs is 1. The van der Waals surface area contributed by atoms with Crippen molar-refractivity contribution in [3.63, 3.8) is 0 Å². The molecule has 0 radical (unpaired) electrons. The molecule has 0 bridgehead atoms. The molecule has 3 aromatic carbocycles. The van der Waals surface area contributed by atoms with E-state index in [0.717, 1.165) is 17.9 Å². The lowest BCUT2D eigenvalue weighted by Crippen LogP contribution is -2.34. The Morgan fingerprint density at radius 2 is 1.41 bits per heavy atom. The van der Waals surface area contributed by atoms with Gasteiger partial charge in [-0.1, -0.05) is 107 Å². The van der Waals surface area contributed by atoms with E-state index in [-0.39, 0.29) is 22.7 Å². The van der Waals surface area contributed by atoms with Crippen molar-refractivity contribution < 1.29 is 9.21 Å². The van der Waals surface area contributed by atoms with Gasteiger partial charge in [0.1, 0.15) is 5.76 Å². The van der Waals surface area contributed by atoms with Crippen molar-refractivity contribution in [2.45, 2.75) is 83.6 Å². The Morgan fingerprint density at radius 3 is 2.02 bits per heavy atom. The molecular weight excluding hydrogens is 564 g/mol. The molecule has 5 aromatic rings. The number of benzene rings is 3. The van der Waals surface area contributed by atoms with Crippen LogP contribution in [-0.4, -0.2) is 22.3 Å².